The van der Waals surface area contributed by atoms with Crippen LogP contribution in [0.1, 0.15) is 38.5 Å². The second-order valence-corrected chi connectivity index (χ2v) is 8.57. The lowest BCUT2D eigenvalue weighted by molar-refractivity contribution is 0.101. The van der Waals surface area contributed by atoms with Crippen LogP contribution in [0.25, 0.3) is 10.8 Å². The molecule has 5 aromatic rings. The highest BCUT2D eigenvalue weighted by atomic mass is 16.5. The minimum absolute atomic E-state index is 0.183. The van der Waals surface area contributed by atoms with Crippen molar-refractivity contribution in [2.45, 2.75) is 33.9 Å². The summed E-state index contributed by atoms with van der Waals surface area (Å²) in [6.07, 6.45) is 3.43. The number of fused-ring (bicyclic) bond motifs is 1. The molecule has 0 unspecified atom stereocenters. The van der Waals surface area contributed by atoms with Crippen molar-refractivity contribution in [3.05, 3.63) is 107 Å². The predicted molar refractivity (Wildman–Crippen MR) is 135 cm³/mol. The van der Waals surface area contributed by atoms with Gasteiger partial charge in [0.1, 0.15) is 18.1 Å². The Morgan fingerprint density at radius 2 is 1.83 bits per heavy atom. The Balaban J connectivity index is 1.29. The van der Waals surface area contributed by atoms with Gasteiger partial charge in [-0.2, -0.15) is 5.10 Å². The fourth-order valence-corrected chi connectivity index (χ4v) is 4.08. The third kappa shape index (κ3) is 4.66. The van der Waals surface area contributed by atoms with Crippen molar-refractivity contribution >= 4 is 22.4 Å². The number of anilines is 1. The second kappa shape index (κ2) is 9.46. The van der Waals surface area contributed by atoms with Crippen LogP contribution in [0.2, 0.25) is 0 Å². The minimum Gasteiger partial charge on any atom is -0.488 e. The number of nitrogens with one attached hydrogen (secondary N) is 1. The van der Waals surface area contributed by atoms with Gasteiger partial charge in [0.15, 0.2) is 5.69 Å². The van der Waals surface area contributed by atoms with Gasteiger partial charge in [0, 0.05) is 6.20 Å². The first-order valence-electron chi connectivity index (χ1n) is 11.4. The molecule has 0 spiro atoms. The number of nitrogens with zero attached hydrogens (tertiary/aromatic N) is 3. The summed E-state index contributed by atoms with van der Waals surface area (Å²) in [5, 5.41) is 13.6. The van der Waals surface area contributed by atoms with Crippen LogP contribution in [-0.4, -0.2) is 20.8 Å². The summed E-state index contributed by atoms with van der Waals surface area (Å²) in [5.74, 6) is 0.949. The van der Waals surface area contributed by atoms with Crippen LogP contribution in [0.5, 0.6) is 5.75 Å². The summed E-state index contributed by atoms with van der Waals surface area (Å²) in [6.45, 7) is 6.59. The first-order chi connectivity index (χ1) is 17.0. The topological polar surface area (TPSA) is 82.2 Å². The lowest BCUT2D eigenvalue weighted by atomic mass is 10.0. The van der Waals surface area contributed by atoms with E-state index in [9.17, 15) is 4.79 Å². The van der Waals surface area contributed by atoms with Gasteiger partial charge in [-0.05, 0) is 54.3 Å². The Morgan fingerprint density at radius 3 is 2.71 bits per heavy atom. The summed E-state index contributed by atoms with van der Waals surface area (Å²) in [4.78, 5) is 13.0. The van der Waals surface area contributed by atoms with Gasteiger partial charge in [0.2, 0.25) is 0 Å². The van der Waals surface area contributed by atoms with E-state index in [1.165, 1.54) is 10.8 Å². The molecular formula is C28H26N4O3. The Hall–Kier alpha value is -4.39. The zero-order valence-corrected chi connectivity index (χ0v) is 19.9. The predicted octanol–water partition coefficient (Wildman–Crippen LogP) is 5.83. The molecule has 176 valence electrons. The zero-order valence-electron chi connectivity index (χ0n) is 19.9. The van der Waals surface area contributed by atoms with E-state index in [4.69, 9.17) is 9.26 Å². The molecular weight excluding hydrogens is 440 g/mol. The smallest absolute Gasteiger partial charge is 0.278 e. The third-order valence-electron chi connectivity index (χ3n) is 6.23. The number of benzene rings is 3. The molecule has 1 N–H and O–H groups in total. The SMILES string of the molecule is Cc1cccc(OCc2c(C(=O)Nc3cnn(Cc4cccc5ccccc45)c3)noc2C)c1C. The lowest BCUT2D eigenvalue weighted by Crippen LogP contribution is -2.15. The van der Waals surface area contributed by atoms with Crippen LogP contribution in [0.4, 0.5) is 5.69 Å². The van der Waals surface area contributed by atoms with Gasteiger partial charge in [-0.1, -0.05) is 59.8 Å². The number of ether oxygens (including phenoxy) is 1. The van der Waals surface area contributed by atoms with E-state index in [1.54, 1.807) is 24.0 Å². The summed E-state index contributed by atoms with van der Waals surface area (Å²) in [5.41, 5.74) is 4.76. The van der Waals surface area contributed by atoms with Crippen molar-refractivity contribution in [3.63, 3.8) is 0 Å². The van der Waals surface area contributed by atoms with E-state index in [2.05, 4.69) is 39.8 Å². The van der Waals surface area contributed by atoms with Crippen LogP contribution < -0.4 is 10.1 Å². The highest BCUT2D eigenvalue weighted by molar-refractivity contribution is 6.03. The molecule has 0 bridgehead atoms. The number of carbonyl (C=O) groups excluding carboxylic acids is 1. The van der Waals surface area contributed by atoms with E-state index in [1.807, 2.05) is 50.2 Å². The quantitative estimate of drug-likeness (QED) is 0.326. The number of carbonyl (C=O) groups is 1. The van der Waals surface area contributed by atoms with Crippen molar-refractivity contribution in [2.24, 2.45) is 0 Å². The maximum Gasteiger partial charge on any atom is 0.278 e. The first kappa shape index (κ1) is 22.4. The molecule has 5 rings (SSSR count). The molecule has 0 aliphatic rings. The minimum atomic E-state index is -0.369. The second-order valence-electron chi connectivity index (χ2n) is 8.57. The molecule has 2 heterocycles. The van der Waals surface area contributed by atoms with Gasteiger partial charge in [-0.15, -0.1) is 0 Å². The van der Waals surface area contributed by atoms with E-state index in [0.29, 0.717) is 23.6 Å². The van der Waals surface area contributed by atoms with Crippen LogP contribution in [0.15, 0.2) is 77.6 Å². The van der Waals surface area contributed by atoms with E-state index >= 15 is 0 Å². The van der Waals surface area contributed by atoms with Gasteiger partial charge >= 0.3 is 0 Å². The Kier molecular flexibility index (Phi) is 6.06. The summed E-state index contributed by atoms with van der Waals surface area (Å²) < 4.78 is 13.1. The molecule has 35 heavy (non-hydrogen) atoms. The highest BCUT2D eigenvalue weighted by Gasteiger charge is 2.21. The van der Waals surface area contributed by atoms with Gasteiger partial charge in [0.25, 0.3) is 5.91 Å². The molecule has 0 aliphatic heterocycles. The molecule has 0 atom stereocenters. The highest BCUT2D eigenvalue weighted by Crippen LogP contribution is 2.24. The summed E-state index contributed by atoms with van der Waals surface area (Å²) >= 11 is 0. The number of hydrogen-bond acceptors (Lipinski definition) is 5. The maximum atomic E-state index is 13.0. The van der Waals surface area contributed by atoms with Gasteiger partial charge in [-0.25, -0.2) is 0 Å². The number of aryl methyl sites for hydroxylation is 2. The molecule has 0 saturated heterocycles. The maximum absolute atomic E-state index is 13.0. The number of hydrogen-bond donors (Lipinski definition) is 1. The molecule has 2 aromatic heterocycles. The monoisotopic (exact) mass is 466 g/mol. The largest absolute Gasteiger partial charge is 0.488 e. The molecule has 7 heteroatoms. The molecule has 3 aromatic carbocycles. The molecule has 7 nitrogen and oxygen atoms in total. The average molecular weight is 467 g/mol. The fraction of sp³-hybridized carbons (Fsp3) is 0.179. The van der Waals surface area contributed by atoms with Crippen LogP contribution in [0, 0.1) is 20.8 Å². The Labute approximate surface area is 203 Å². The third-order valence-corrected chi connectivity index (χ3v) is 6.23. The Morgan fingerprint density at radius 1 is 1.03 bits per heavy atom. The van der Waals surface area contributed by atoms with Crippen LogP contribution >= 0.6 is 0 Å². The van der Waals surface area contributed by atoms with Crippen molar-refractivity contribution < 1.29 is 14.1 Å². The number of rotatable bonds is 7. The molecule has 0 aliphatic carbocycles. The van der Waals surface area contributed by atoms with E-state index in [0.717, 1.165) is 22.4 Å². The fourth-order valence-electron chi connectivity index (χ4n) is 4.08. The molecule has 1 amide bonds. The zero-order chi connectivity index (χ0) is 24.4. The van der Waals surface area contributed by atoms with E-state index < -0.39 is 0 Å². The van der Waals surface area contributed by atoms with Crippen molar-refractivity contribution in [2.75, 3.05) is 5.32 Å². The standard InChI is InChI=1S/C28H26N4O3/c1-18-8-6-13-26(19(18)2)34-17-25-20(3)35-31-27(25)28(33)30-23-14-29-32(16-23)15-22-11-7-10-21-9-4-5-12-24(21)22/h4-14,16H,15,17H2,1-3H3,(H,30,33). The van der Waals surface area contributed by atoms with Gasteiger partial charge in [-0.3, -0.25) is 9.48 Å². The van der Waals surface area contributed by atoms with Crippen LogP contribution in [0.3, 0.4) is 0 Å². The van der Waals surface area contributed by atoms with Gasteiger partial charge < -0.3 is 14.6 Å². The van der Waals surface area contributed by atoms with Crippen LogP contribution in [-0.2, 0) is 13.2 Å². The molecule has 0 radical (unpaired) electrons. The van der Waals surface area contributed by atoms with E-state index in [-0.39, 0.29) is 18.2 Å². The Bertz CT molecular complexity index is 1510. The van der Waals surface area contributed by atoms with Crippen molar-refractivity contribution in [1.29, 1.82) is 0 Å². The first-order valence-corrected chi connectivity index (χ1v) is 11.4. The lowest BCUT2D eigenvalue weighted by Gasteiger charge is -2.11. The number of amides is 1. The van der Waals surface area contributed by atoms with Crippen molar-refractivity contribution in [1.82, 2.24) is 14.9 Å². The molecule has 0 saturated carbocycles. The van der Waals surface area contributed by atoms with Crippen molar-refractivity contribution in [3.8, 4) is 5.75 Å². The normalized spacial score (nSPS) is 11.1. The average Bonchev–Trinajstić information content (AvgIpc) is 3.46. The summed E-state index contributed by atoms with van der Waals surface area (Å²) in [6, 6.07) is 20.4. The van der Waals surface area contributed by atoms with Gasteiger partial charge in [0.05, 0.1) is 24.0 Å². The molecule has 0 fully saturated rings. The number of aromatic nitrogens is 3. The summed E-state index contributed by atoms with van der Waals surface area (Å²) in [7, 11) is 0.